The topological polar surface area (TPSA) is 54.2 Å². The van der Waals surface area contributed by atoms with E-state index in [1.807, 2.05) is 6.07 Å². The number of anilines is 1. The van der Waals surface area contributed by atoms with E-state index in [1.54, 1.807) is 0 Å². The number of hydrogen-bond acceptors (Lipinski definition) is 4. The lowest BCUT2D eigenvalue weighted by Crippen LogP contribution is -2.44. The van der Waals surface area contributed by atoms with E-state index >= 15 is 0 Å². The number of benzene rings is 2. The van der Waals surface area contributed by atoms with Crippen LogP contribution in [0.1, 0.15) is 5.56 Å². The highest BCUT2D eigenvalue weighted by molar-refractivity contribution is 6.33. The molecule has 4 rings (SSSR count). The molecule has 0 spiro atoms. The highest BCUT2D eigenvalue weighted by Gasteiger charge is 2.16. The van der Waals surface area contributed by atoms with Gasteiger partial charge in [-0.3, -0.25) is 0 Å². The number of hydrogen-bond donors (Lipinski definition) is 2. The van der Waals surface area contributed by atoms with E-state index < -0.39 is 0 Å². The molecular weight excluding hydrogens is 415 g/mol. The van der Waals surface area contributed by atoms with Crippen molar-refractivity contribution < 1.29 is 0 Å². The third-order valence-electron chi connectivity index (χ3n) is 4.89. The van der Waals surface area contributed by atoms with Gasteiger partial charge in [-0.2, -0.15) is 0 Å². The molecule has 28 heavy (non-hydrogen) atoms. The average Bonchev–Trinajstić information content (AvgIpc) is 2.68. The van der Waals surface area contributed by atoms with Crippen LogP contribution in [0.2, 0.25) is 5.02 Å². The van der Waals surface area contributed by atoms with Crippen LogP contribution >= 0.6 is 36.4 Å². The molecule has 2 heterocycles. The van der Waals surface area contributed by atoms with Gasteiger partial charge in [0, 0.05) is 31.6 Å². The lowest BCUT2D eigenvalue weighted by atomic mass is 10.0. The third-order valence-corrected chi connectivity index (χ3v) is 5.16. The van der Waals surface area contributed by atoms with Gasteiger partial charge in [0.25, 0.3) is 0 Å². The van der Waals surface area contributed by atoms with Crippen molar-refractivity contribution in [3.63, 3.8) is 0 Å². The summed E-state index contributed by atoms with van der Waals surface area (Å²) in [4.78, 5) is 7.08. The monoisotopic (exact) mass is 438 g/mol. The highest BCUT2D eigenvalue weighted by atomic mass is 35.5. The fourth-order valence-corrected chi connectivity index (χ4v) is 3.73. The molecule has 0 aliphatic carbocycles. The Morgan fingerprint density at radius 2 is 1.64 bits per heavy atom. The zero-order valence-electron chi connectivity index (χ0n) is 15.5. The fourth-order valence-electron chi connectivity index (χ4n) is 3.45. The summed E-state index contributed by atoms with van der Waals surface area (Å²) >= 11 is 6.55. The van der Waals surface area contributed by atoms with Crippen molar-refractivity contribution in [3.05, 3.63) is 59.1 Å². The first kappa shape index (κ1) is 22.7. The predicted octanol–water partition coefficient (Wildman–Crippen LogP) is 4.31. The van der Waals surface area contributed by atoms with Crippen LogP contribution in [0.25, 0.3) is 22.0 Å². The smallest absolute Gasteiger partial charge is 0.148 e. The molecule has 2 aromatic carbocycles. The summed E-state index contributed by atoms with van der Waals surface area (Å²) in [6, 6.07) is 17.0. The fraction of sp³-hybridized carbons (Fsp3) is 0.286. The molecule has 150 valence electrons. The van der Waals surface area contributed by atoms with Gasteiger partial charge in [0.2, 0.25) is 0 Å². The van der Waals surface area contributed by atoms with Crippen LogP contribution in [-0.4, -0.2) is 37.7 Å². The molecule has 3 aromatic rings. The normalized spacial score (nSPS) is 13.7. The van der Waals surface area contributed by atoms with Crippen LogP contribution in [0, 0.1) is 0 Å². The Hall–Kier alpha value is -1.56. The zero-order valence-corrected chi connectivity index (χ0v) is 17.9. The van der Waals surface area contributed by atoms with Crippen molar-refractivity contribution >= 4 is 53.1 Å². The second kappa shape index (κ2) is 10.3. The number of pyridine rings is 1. The van der Waals surface area contributed by atoms with Gasteiger partial charge in [-0.25, -0.2) is 4.98 Å². The third kappa shape index (κ3) is 4.88. The van der Waals surface area contributed by atoms with Crippen LogP contribution in [0.3, 0.4) is 0 Å². The van der Waals surface area contributed by atoms with Crippen LogP contribution in [-0.2, 0) is 6.42 Å². The number of halogens is 3. The van der Waals surface area contributed by atoms with Crippen molar-refractivity contribution in [2.24, 2.45) is 5.73 Å². The molecule has 0 saturated carbocycles. The number of nitrogens with two attached hydrogens (primary N) is 1. The molecular formula is C21H25Cl3N4. The summed E-state index contributed by atoms with van der Waals surface area (Å²) in [6.07, 6.45) is 0.909. The van der Waals surface area contributed by atoms with Gasteiger partial charge in [-0.05, 0) is 47.9 Å². The lowest BCUT2D eigenvalue weighted by molar-refractivity contribution is 0.585. The van der Waals surface area contributed by atoms with Crippen molar-refractivity contribution in [3.8, 4) is 11.1 Å². The number of rotatable bonds is 4. The summed E-state index contributed by atoms with van der Waals surface area (Å²) in [5.74, 6) is 0.888. The maximum absolute atomic E-state index is 6.55. The van der Waals surface area contributed by atoms with Crippen LogP contribution in [0.15, 0.2) is 48.5 Å². The molecule has 0 unspecified atom stereocenters. The summed E-state index contributed by atoms with van der Waals surface area (Å²) < 4.78 is 0. The predicted molar refractivity (Wildman–Crippen MR) is 125 cm³/mol. The van der Waals surface area contributed by atoms with Gasteiger partial charge >= 0.3 is 0 Å². The number of piperazine rings is 1. The summed E-state index contributed by atoms with van der Waals surface area (Å²) in [6.45, 7) is 4.48. The molecule has 0 radical (unpaired) electrons. The molecule has 0 amide bonds. The highest BCUT2D eigenvalue weighted by Crippen LogP contribution is 2.31. The lowest BCUT2D eigenvalue weighted by Gasteiger charge is -2.29. The average molecular weight is 440 g/mol. The van der Waals surface area contributed by atoms with Gasteiger partial charge in [0.05, 0.1) is 10.5 Å². The summed E-state index contributed by atoms with van der Waals surface area (Å²) in [7, 11) is 0. The Bertz CT molecular complexity index is 909. The first-order chi connectivity index (χ1) is 12.7. The number of aromatic nitrogens is 1. The molecule has 1 aromatic heterocycles. The first-order valence-electron chi connectivity index (χ1n) is 9.10. The van der Waals surface area contributed by atoms with E-state index in [0.29, 0.717) is 6.54 Å². The number of fused-ring (bicyclic) bond motifs is 1. The number of nitrogens with one attached hydrogen (secondary N) is 1. The van der Waals surface area contributed by atoms with Crippen LogP contribution < -0.4 is 16.0 Å². The number of nitrogens with zero attached hydrogens (tertiary/aromatic N) is 2. The Morgan fingerprint density at radius 1 is 0.964 bits per heavy atom. The Kier molecular flexibility index (Phi) is 8.35. The maximum Gasteiger partial charge on any atom is 0.148 e. The molecule has 1 aliphatic heterocycles. The van der Waals surface area contributed by atoms with Gasteiger partial charge in [0.15, 0.2) is 0 Å². The molecule has 0 atom stereocenters. The van der Waals surface area contributed by atoms with Gasteiger partial charge in [-0.15, -0.1) is 24.8 Å². The van der Waals surface area contributed by atoms with Crippen molar-refractivity contribution in [2.45, 2.75) is 6.42 Å². The van der Waals surface area contributed by atoms with E-state index in [9.17, 15) is 0 Å². The van der Waals surface area contributed by atoms with E-state index in [0.717, 1.165) is 54.3 Å². The van der Waals surface area contributed by atoms with Gasteiger partial charge in [-0.1, -0.05) is 41.9 Å². The largest absolute Gasteiger partial charge is 0.353 e. The van der Waals surface area contributed by atoms with Crippen molar-refractivity contribution in [1.82, 2.24) is 10.3 Å². The van der Waals surface area contributed by atoms with Gasteiger partial charge < -0.3 is 16.0 Å². The Morgan fingerprint density at radius 3 is 2.32 bits per heavy atom. The van der Waals surface area contributed by atoms with E-state index in [4.69, 9.17) is 22.3 Å². The quantitative estimate of drug-likeness (QED) is 0.636. The second-order valence-corrected chi connectivity index (χ2v) is 7.08. The van der Waals surface area contributed by atoms with E-state index in [2.05, 4.69) is 52.7 Å². The Labute approximate surface area is 183 Å². The molecule has 3 N–H and O–H groups in total. The molecule has 7 heteroatoms. The van der Waals surface area contributed by atoms with Gasteiger partial charge in [0.1, 0.15) is 5.82 Å². The summed E-state index contributed by atoms with van der Waals surface area (Å²) in [5.41, 5.74) is 10.2. The molecule has 4 nitrogen and oxygen atoms in total. The Balaban J connectivity index is 0.00000140. The molecule has 1 fully saturated rings. The molecule has 1 aliphatic rings. The standard InChI is InChI=1S/C21H23ClN4.2ClH/c22-19-14-18-13-17(16-3-1-15(2-4-16)7-8-23)5-6-20(18)25-21(19)26-11-9-24-10-12-26;;/h1-6,13-14,24H,7-12,23H2;2*1H. The minimum atomic E-state index is 0. The van der Waals surface area contributed by atoms with Crippen LogP contribution in [0.4, 0.5) is 5.82 Å². The molecule has 0 bridgehead atoms. The first-order valence-corrected chi connectivity index (χ1v) is 9.48. The SMILES string of the molecule is Cl.Cl.NCCc1ccc(-c2ccc3nc(N4CCNCC4)c(Cl)cc3c2)cc1. The van der Waals surface area contributed by atoms with E-state index in [-0.39, 0.29) is 24.8 Å². The van der Waals surface area contributed by atoms with Crippen molar-refractivity contribution in [2.75, 3.05) is 37.6 Å². The zero-order chi connectivity index (χ0) is 17.9. The summed E-state index contributed by atoms with van der Waals surface area (Å²) in [5, 5.41) is 5.14. The van der Waals surface area contributed by atoms with Crippen molar-refractivity contribution in [1.29, 1.82) is 0 Å². The minimum Gasteiger partial charge on any atom is -0.353 e. The van der Waals surface area contributed by atoms with E-state index in [1.165, 1.54) is 16.7 Å². The minimum absolute atomic E-state index is 0. The molecule has 1 saturated heterocycles. The van der Waals surface area contributed by atoms with Crippen LogP contribution in [0.5, 0.6) is 0 Å². The second-order valence-electron chi connectivity index (χ2n) is 6.67. The maximum atomic E-state index is 6.55.